The van der Waals surface area contributed by atoms with Gasteiger partial charge in [-0.2, -0.15) is 10.3 Å². The van der Waals surface area contributed by atoms with Crippen molar-refractivity contribution >= 4 is 28.2 Å². The van der Waals surface area contributed by atoms with Crippen molar-refractivity contribution in [2.24, 2.45) is 5.41 Å². The van der Waals surface area contributed by atoms with Gasteiger partial charge in [0.2, 0.25) is 0 Å². The van der Waals surface area contributed by atoms with Crippen molar-refractivity contribution in [1.82, 2.24) is 15.3 Å². The molecule has 1 N–H and O–H groups in total. The predicted octanol–water partition coefficient (Wildman–Crippen LogP) is 6.39. The lowest BCUT2D eigenvalue weighted by molar-refractivity contribution is 0.0129. The molecule has 1 unspecified atom stereocenters. The number of aromatic nitrogens is 1. The second-order valence-electron chi connectivity index (χ2n) is 11.4. The molecule has 1 fully saturated rings. The van der Waals surface area contributed by atoms with E-state index in [1.54, 1.807) is 30.5 Å². The lowest BCUT2D eigenvalue weighted by Gasteiger charge is -2.42. The molecule has 1 aliphatic rings. The van der Waals surface area contributed by atoms with Crippen molar-refractivity contribution in [3.8, 4) is 17.6 Å². The zero-order valence-electron chi connectivity index (χ0n) is 23.9. The summed E-state index contributed by atoms with van der Waals surface area (Å²) in [6.07, 6.45) is 1.80. The quantitative estimate of drug-likeness (QED) is 0.286. The van der Waals surface area contributed by atoms with Crippen LogP contribution in [0.25, 0.3) is 10.9 Å². The zero-order valence-corrected chi connectivity index (χ0v) is 23.9. The van der Waals surface area contributed by atoms with Crippen molar-refractivity contribution < 1.29 is 14.3 Å². The molecule has 0 saturated carbocycles. The molecule has 2 heterocycles. The second-order valence-corrected chi connectivity index (χ2v) is 11.4. The highest BCUT2D eigenvalue weighted by atomic mass is 16.5. The third-order valence-electron chi connectivity index (χ3n) is 6.89. The zero-order chi connectivity index (χ0) is 29.0. The number of carbonyl (C=O) groups is 1. The van der Waals surface area contributed by atoms with Gasteiger partial charge in [-0.25, -0.2) is 0 Å². The number of aryl methyl sites for hydroxylation is 1. The van der Waals surface area contributed by atoms with Crippen LogP contribution in [-0.2, 0) is 4.74 Å². The van der Waals surface area contributed by atoms with Crippen molar-refractivity contribution in [3.05, 3.63) is 90.1 Å². The van der Waals surface area contributed by atoms with Gasteiger partial charge in [-0.1, -0.05) is 39.0 Å². The van der Waals surface area contributed by atoms with E-state index in [0.717, 1.165) is 27.8 Å². The van der Waals surface area contributed by atoms with E-state index in [0.29, 0.717) is 43.4 Å². The molecule has 41 heavy (non-hydrogen) atoms. The molecule has 1 saturated heterocycles. The Kier molecular flexibility index (Phi) is 8.20. The molecule has 0 aliphatic carbocycles. The van der Waals surface area contributed by atoms with Crippen LogP contribution in [0.5, 0.6) is 11.5 Å². The molecule has 8 heteroatoms. The Balaban J connectivity index is 1.43. The first-order chi connectivity index (χ1) is 19.7. The van der Waals surface area contributed by atoms with Crippen LogP contribution in [0, 0.1) is 23.7 Å². The van der Waals surface area contributed by atoms with Gasteiger partial charge in [0.15, 0.2) is 0 Å². The number of hydrazine groups is 1. The molecule has 0 bridgehead atoms. The Labute approximate surface area is 241 Å². The first-order valence-electron chi connectivity index (χ1n) is 13.8. The van der Waals surface area contributed by atoms with Crippen LogP contribution in [0.4, 0.5) is 11.4 Å². The van der Waals surface area contributed by atoms with Crippen LogP contribution in [0.3, 0.4) is 0 Å². The van der Waals surface area contributed by atoms with Crippen molar-refractivity contribution in [2.45, 2.75) is 33.7 Å². The topological polar surface area (TPSA) is 90.7 Å². The molecule has 1 aliphatic heterocycles. The van der Waals surface area contributed by atoms with Crippen molar-refractivity contribution in [1.29, 1.82) is 5.26 Å². The molecule has 3 aromatic carbocycles. The summed E-state index contributed by atoms with van der Waals surface area (Å²) < 4.78 is 11.8. The summed E-state index contributed by atoms with van der Waals surface area (Å²) in [6.45, 7) is 10.3. The van der Waals surface area contributed by atoms with E-state index in [4.69, 9.17) is 9.47 Å². The number of fused-ring (bicyclic) bond motifs is 1. The van der Waals surface area contributed by atoms with Crippen LogP contribution in [0.1, 0.15) is 36.7 Å². The number of morpholine rings is 1. The first-order valence-corrected chi connectivity index (χ1v) is 13.8. The van der Waals surface area contributed by atoms with Crippen molar-refractivity contribution in [2.75, 3.05) is 31.3 Å². The normalized spacial score (nSPS) is 15.7. The Bertz CT molecular complexity index is 1570. The maximum Gasteiger partial charge on any atom is 0.251 e. The molecular formula is C33H35N5O3. The summed E-state index contributed by atoms with van der Waals surface area (Å²) in [5.74, 6) is 1.24. The van der Waals surface area contributed by atoms with E-state index < -0.39 is 6.04 Å². The number of ether oxygens (including phenoxy) is 2. The molecule has 4 aromatic rings. The molecule has 8 nitrogen and oxygen atoms in total. The Morgan fingerprint density at radius 1 is 1.15 bits per heavy atom. The monoisotopic (exact) mass is 549 g/mol. The number of carbonyl (C=O) groups excluding carboxylic acids is 1. The van der Waals surface area contributed by atoms with E-state index in [1.165, 1.54) is 0 Å². The standard InChI is InChI=1S/C33H35N5O3/c1-23-19-25(11-14-31(23)41-27-12-9-24(10-13-27)32(39)36-22-33(2,3)4)38(37-17-18-40-21-26(37)20-34)30-15-16-35-29-8-6-5-7-28(29)30/h5-16,19,26H,17-18,21-22H2,1-4H3,(H,36,39). The van der Waals surface area contributed by atoms with E-state index in [1.807, 2.05) is 49.4 Å². The van der Waals surface area contributed by atoms with Gasteiger partial charge in [0, 0.05) is 30.2 Å². The van der Waals surface area contributed by atoms with Crippen LogP contribution in [-0.4, -0.2) is 48.2 Å². The minimum absolute atomic E-state index is 0.0137. The molecule has 1 amide bonds. The number of nitrogens with one attached hydrogen (secondary N) is 1. The van der Waals surface area contributed by atoms with Crippen molar-refractivity contribution in [3.63, 3.8) is 0 Å². The van der Waals surface area contributed by atoms with Gasteiger partial charge in [-0.15, -0.1) is 0 Å². The number of para-hydroxylation sites is 1. The maximum atomic E-state index is 12.5. The Hall–Kier alpha value is -4.45. The third kappa shape index (κ3) is 6.49. The van der Waals surface area contributed by atoms with Gasteiger partial charge < -0.3 is 14.8 Å². The SMILES string of the molecule is Cc1cc(N(c2ccnc3ccccc23)N2CCOCC2C#N)ccc1Oc1ccc(C(=O)NCC(C)(C)C)cc1. The van der Waals surface area contributed by atoms with Gasteiger partial charge in [0.05, 0.1) is 36.2 Å². The molecule has 0 radical (unpaired) electrons. The number of hydrogen-bond acceptors (Lipinski definition) is 7. The Morgan fingerprint density at radius 2 is 1.93 bits per heavy atom. The largest absolute Gasteiger partial charge is 0.457 e. The summed E-state index contributed by atoms with van der Waals surface area (Å²) in [4.78, 5) is 17.0. The van der Waals surface area contributed by atoms with Crippen LogP contribution in [0.15, 0.2) is 79.0 Å². The van der Waals surface area contributed by atoms with E-state index in [2.05, 4.69) is 53.2 Å². The lowest BCUT2D eigenvalue weighted by atomic mass is 9.97. The smallest absolute Gasteiger partial charge is 0.251 e. The van der Waals surface area contributed by atoms with Crippen LogP contribution < -0.4 is 15.1 Å². The molecule has 1 aromatic heterocycles. The van der Waals surface area contributed by atoms with E-state index in [-0.39, 0.29) is 11.3 Å². The minimum atomic E-state index is -0.439. The van der Waals surface area contributed by atoms with Gasteiger partial charge in [-0.05, 0) is 72.5 Å². The van der Waals surface area contributed by atoms with Gasteiger partial charge in [0.1, 0.15) is 17.5 Å². The average Bonchev–Trinajstić information content (AvgIpc) is 2.98. The summed E-state index contributed by atoms with van der Waals surface area (Å²) in [5, 5.41) is 18.1. The number of nitrogens with zero attached hydrogens (tertiary/aromatic N) is 4. The first kappa shape index (κ1) is 28.1. The van der Waals surface area contributed by atoms with Crippen LogP contribution in [0.2, 0.25) is 0 Å². The average molecular weight is 550 g/mol. The minimum Gasteiger partial charge on any atom is -0.457 e. The molecule has 1 atom stereocenters. The fraction of sp³-hybridized carbons (Fsp3) is 0.303. The number of hydrogen-bond donors (Lipinski definition) is 1. The van der Waals surface area contributed by atoms with Gasteiger partial charge >= 0.3 is 0 Å². The number of rotatable bonds is 7. The highest BCUT2D eigenvalue weighted by Crippen LogP contribution is 2.37. The number of benzene rings is 3. The summed E-state index contributed by atoms with van der Waals surface area (Å²) >= 11 is 0. The molecular weight excluding hydrogens is 514 g/mol. The number of nitriles is 1. The molecule has 5 rings (SSSR count). The number of amides is 1. The Morgan fingerprint density at radius 3 is 2.66 bits per heavy atom. The van der Waals surface area contributed by atoms with Gasteiger partial charge in [-0.3, -0.25) is 14.8 Å². The van der Waals surface area contributed by atoms with E-state index >= 15 is 0 Å². The predicted molar refractivity (Wildman–Crippen MR) is 160 cm³/mol. The number of pyridine rings is 1. The summed E-state index contributed by atoms with van der Waals surface area (Å²) in [6, 6.07) is 25.1. The third-order valence-corrected chi connectivity index (χ3v) is 6.89. The highest BCUT2D eigenvalue weighted by Gasteiger charge is 2.31. The summed E-state index contributed by atoms with van der Waals surface area (Å²) in [5.41, 5.74) is 4.25. The van der Waals surface area contributed by atoms with E-state index in [9.17, 15) is 10.1 Å². The maximum absolute atomic E-state index is 12.5. The second kappa shape index (κ2) is 12.0. The number of anilines is 2. The fourth-order valence-electron chi connectivity index (χ4n) is 4.76. The fourth-order valence-corrected chi connectivity index (χ4v) is 4.76. The summed E-state index contributed by atoms with van der Waals surface area (Å²) in [7, 11) is 0. The molecule has 0 spiro atoms. The van der Waals surface area contributed by atoms with Crippen LogP contribution >= 0.6 is 0 Å². The lowest BCUT2D eigenvalue weighted by Crippen LogP contribution is -2.52. The highest BCUT2D eigenvalue weighted by molar-refractivity contribution is 5.94. The molecule has 210 valence electrons. The van der Waals surface area contributed by atoms with Gasteiger partial charge in [0.25, 0.3) is 5.91 Å².